The Bertz CT molecular complexity index is 415. The number of ketones is 1. The van der Waals surface area contributed by atoms with Crippen molar-refractivity contribution in [1.82, 2.24) is 15.0 Å². The fourth-order valence-electron chi connectivity index (χ4n) is 2.76. The maximum atomic E-state index is 12.1. The minimum atomic E-state index is 0.0979. The summed E-state index contributed by atoms with van der Waals surface area (Å²) in [5.41, 5.74) is 0.760. The van der Waals surface area contributed by atoms with E-state index in [2.05, 4.69) is 10.3 Å². The molecule has 86 valence electrons. The highest BCUT2D eigenvalue weighted by Crippen LogP contribution is 2.39. The molecule has 2 bridgehead atoms. The predicted octanol–water partition coefficient (Wildman–Crippen LogP) is 0.494. The Balaban J connectivity index is 1.65. The minimum absolute atomic E-state index is 0.0979. The second kappa shape index (κ2) is 3.66. The number of nitrogens with zero attached hydrogens (tertiary/aromatic N) is 3. The van der Waals surface area contributed by atoms with Gasteiger partial charge in [0.1, 0.15) is 5.78 Å². The molecule has 0 amide bonds. The summed E-state index contributed by atoms with van der Waals surface area (Å²) in [4.78, 5) is 12.1. The van der Waals surface area contributed by atoms with Crippen LogP contribution in [-0.4, -0.2) is 33.0 Å². The maximum absolute atomic E-state index is 12.1. The van der Waals surface area contributed by atoms with Gasteiger partial charge in [0, 0.05) is 19.2 Å². The molecular formula is C11H15N3O2. The molecule has 5 heteroatoms. The quantitative estimate of drug-likeness (QED) is 0.745. The third-order valence-corrected chi connectivity index (χ3v) is 3.53. The van der Waals surface area contributed by atoms with E-state index in [-0.39, 0.29) is 17.8 Å². The highest BCUT2D eigenvalue weighted by molar-refractivity contribution is 5.83. The second-order valence-electron chi connectivity index (χ2n) is 4.74. The van der Waals surface area contributed by atoms with Gasteiger partial charge in [0.25, 0.3) is 0 Å². The van der Waals surface area contributed by atoms with Crippen molar-refractivity contribution >= 4 is 5.78 Å². The standard InChI is InChI=1S/C11H15N3O2/c1-14-6-7(12-13-14)4-10(15)9-5-8-2-3-11(9)16-8/h6,8-9,11H,2-5H2,1H3. The lowest BCUT2D eigenvalue weighted by atomic mass is 9.85. The number of rotatable bonds is 3. The Kier molecular flexibility index (Phi) is 2.28. The zero-order valence-corrected chi connectivity index (χ0v) is 9.30. The lowest BCUT2D eigenvalue weighted by Crippen LogP contribution is -2.26. The van der Waals surface area contributed by atoms with Crippen LogP contribution in [0.3, 0.4) is 0 Å². The molecule has 2 aliphatic heterocycles. The fraction of sp³-hybridized carbons (Fsp3) is 0.727. The molecule has 0 N–H and O–H groups in total. The third kappa shape index (κ3) is 1.65. The summed E-state index contributed by atoms with van der Waals surface area (Å²) in [7, 11) is 1.81. The summed E-state index contributed by atoms with van der Waals surface area (Å²) < 4.78 is 7.31. The molecule has 0 aromatic carbocycles. The monoisotopic (exact) mass is 221 g/mol. The van der Waals surface area contributed by atoms with Gasteiger partial charge in [-0.1, -0.05) is 5.21 Å². The Morgan fingerprint density at radius 1 is 1.62 bits per heavy atom. The van der Waals surface area contributed by atoms with Gasteiger partial charge in [-0.15, -0.1) is 5.10 Å². The first-order valence-corrected chi connectivity index (χ1v) is 5.76. The topological polar surface area (TPSA) is 57.0 Å². The van der Waals surface area contributed by atoms with Gasteiger partial charge in [-0.2, -0.15) is 0 Å². The van der Waals surface area contributed by atoms with Crippen molar-refractivity contribution in [1.29, 1.82) is 0 Å². The van der Waals surface area contributed by atoms with Crippen LogP contribution in [0.2, 0.25) is 0 Å². The molecule has 2 fully saturated rings. The molecule has 3 heterocycles. The highest BCUT2D eigenvalue weighted by atomic mass is 16.5. The van der Waals surface area contributed by atoms with Crippen molar-refractivity contribution in [2.75, 3.05) is 0 Å². The van der Waals surface area contributed by atoms with E-state index in [9.17, 15) is 4.79 Å². The van der Waals surface area contributed by atoms with E-state index in [4.69, 9.17) is 4.74 Å². The van der Waals surface area contributed by atoms with Gasteiger partial charge in [-0.3, -0.25) is 9.48 Å². The van der Waals surface area contributed by atoms with Crippen LogP contribution in [0.15, 0.2) is 6.20 Å². The van der Waals surface area contributed by atoms with Crippen LogP contribution < -0.4 is 0 Å². The molecular weight excluding hydrogens is 206 g/mol. The average Bonchev–Trinajstić information content (AvgIpc) is 2.93. The van der Waals surface area contributed by atoms with Crippen molar-refractivity contribution in [3.05, 3.63) is 11.9 Å². The lowest BCUT2D eigenvalue weighted by Gasteiger charge is -2.16. The van der Waals surface area contributed by atoms with Crippen LogP contribution in [0.5, 0.6) is 0 Å². The minimum Gasteiger partial charge on any atom is -0.374 e. The van der Waals surface area contributed by atoms with Crippen LogP contribution in [0.1, 0.15) is 25.0 Å². The van der Waals surface area contributed by atoms with Crippen LogP contribution in [0, 0.1) is 5.92 Å². The van der Waals surface area contributed by atoms with E-state index in [1.54, 1.807) is 10.9 Å². The molecule has 1 aromatic heterocycles. The first-order chi connectivity index (χ1) is 7.72. The smallest absolute Gasteiger partial charge is 0.144 e. The van der Waals surface area contributed by atoms with Gasteiger partial charge in [0.05, 0.1) is 24.3 Å². The van der Waals surface area contributed by atoms with Gasteiger partial charge in [0.15, 0.2) is 0 Å². The molecule has 1 aromatic rings. The highest BCUT2D eigenvalue weighted by Gasteiger charge is 2.44. The molecule has 2 saturated heterocycles. The molecule has 3 atom stereocenters. The van der Waals surface area contributed by atoms with Crippen molar-refractivity contribution in [3.8, 4) is 0 Å². The molecule has 0 saturated carbocycles. The van der Waals surface area contributed by atoms with Crippen molar-refractivity contribution in [3.63, 3.8) is 0 Å². The number of aromatic nitrogens is 3. The molecule has 0 spiro atoms. The number of carbonyl (C=O) groups is 1. The maximum Gasteiger partial charge on any atom is 0.144 e. The number of fused-ring (bicyclic) bond motifs is 2. The number of hydrogen-bond acceptors (Lipinski definition) is 4. The van der Waals surface area contributed by atoms with Gasteiger partial charge in [-0.25, -0.2) is 0 Å². The summed E-state index contributed by atoms with van der Waals surface area (Å²) in [5.74, 6) is 0.355. The summed E-state index contributed by atoms with van der Waals surface area (Å²) in [5, 5.41) is 7.77. The summed E-state index contributed by atoms with van der Waals surface area (Å²) in [6, 6.07) is 0. The SMILES string of the molecule is Cn1cc(CC(=O)C2CC3CCC2O3)nn1. The normalized spacial score (nSPS) is 32.2. The van der Waals surface area contributed by atoms with E-state index in [1.807, 2.05) is 7.05 Å². The van der Waals surface area contributed by atoms with E-state index >= 15 is 0 Å². The van der Waals surface area contributed by atoms with E-state index < -0.39 is 0 Å². The van der Waals surface area contributed by atoms with Gasteiger partial charge < -0.3 is 4.74 Å². The average molecular weight is 221 g/mol. The predicted molar refractivity (Wildman–Crippen MR) is 55.7 cm³/mol. The number of aryl methyl sites for hydroxylation is 1. The largest absolute Gasteiger partial charge is 0.374 e. The molecule has 5 nitrogen and oxygen atoms in total. The Morgan fingerprint density at radius 3 is 3.06 bits per heavy atom. The van der Waals surface area contributed by atoms with Crippen LogP contribution in [0.25, 0.3) is 0 Å². The number of hydrogen-bond donors (Lipinski definition) is 0. The molecule has 2 aliphatic rings. The zero-order valence-electron chi connectivity index (χ0n) is 9.30. The summed E-state index contributed by atoms with van der Waals surface area (Å²) in [6.07, 6.45) is 5.78. The van der Waals surface area contributed by atoms with E-state index in [0.29, 0.717) is 12.5 Å². The zero-order chi connectivity index (χ0) is 11.1. The third-order valence-electron chi connectivity index (χ3n) is 3.53. The van der Waals surface area contributed by atoms with Crippen molar-refractivity contribution in [2.45, 2.75) is 37.9 Å². The van der Waals surface area contributed by atoms with Gasteiger partial charge in [-0.05, 0) is 19.3 Å². The Morgan fingerprint density at radius 2 is 2.50 bits per heavy atom. The van der Waals surface area contributed by atoms with Gasteiger partial charge >= 0.3 is 0 Å². The lowest BCUT2D eigenvalue weighted by molar-refractivity contribution is -0.123. The van der Waals surface area contributed by atoms with Gasteiger partial charge in [0.2, 0.25) is 0 Å². The number of carbonyl (C=O) groups excluding carboxylic acids is 1. The van der Waals surface area contributed by atoms with Crippen molar-refractivity contribution in [2.24, 2.45) is 13.0 Å². The fourth-order valence-corrected chi connectivity index (χ4v) is 2.76. The second-order valence-corrected chi connectivity index (χ2v) is 4.74. The molecule has 0 radical (unpaired) electrons. The Labute approximate surface area is 93.8 Å². The first kappa shape index (κ1) is 9.96. The molecule has 3 unspecified atom stereocenters. The van der Waals surface area contributed by atoms with Crippen molar-refractivity contribution < 1.29 is 9.53 Å². The number of ether oxygens (including phenoxy) is 1. The van der Waals surface area contributed by atoms with Crippen LogP contribution >= 0.6 is 0 Å². The van der Waals surface area contributed by atoms with E-state index in [0.717, 1.165) is 25.0 Å². The first-order valence-electron chi connectivity index (χ1n) is 5.76. The Hall–Kier alpha value is -1.23. The molecule has 3 rings (SSSR count). The summed E-state index contributed by atoms with van der Waals surface area (Å²) in [6.45, 7) is 0. The molecule has 0 aliphatic carbocycles. The van der Waals surface area contributed by atoms with Crippen LogP contribution in [-0.2, 0) is 23.0 Å². The summed E-state index contributed by atoms with van der Waals surface area (Å²) >= 11 is 0. The van der Waals surface area contributed by atoms with E-state index in [1.165, 1.54) is 0 Å². The number of Topliss-reactive ketones (excluding diaryl/α,β-unsaturated/α-hetero) is 1. The van der Waals surface area contributed by atoms with Crippen LogP contribution in [0.4, 0.5) is 0 Å². The molecule has 16 heavy (non-hydrogen) atoms.